The van der Waals surface area contributed by atoms with Crippen molar-refractivity contribution >= 4 is 0 Å². The molecule has 0 spiro atoms. The van der Waals surface area contributed by atoms with E-state index < -0.39 is 0 Å². The van der Waals surface area contributed by atoms with Crippen molar-refractivity contribution < 1.29 is 46.0 Å². The van der Waals surface area contributed by atoms with Crippen molar-refractivity contribution in [2.45, 2.75) is 446 Å². The maximum atomic E-state index is 10.5. The van der Waals surface area contributed by atoms with E-state index in [4.69, 9.17) is 0 Å². The van der Waals surface area contributed by atoms with Gasteiger partial charge < -0.3 is 46.0 Å². The third kappa shape index (κ3) is 29.7. The second-order valence-electron chi connectivity index (χ2n) is 49.8. The van der Waals surface area contributed by atoms with Gasteiger partial charge >= 0.3 is 0 Å². The van der Waals surface area contributed by atoms with Crippen LogP contribution in [-0.4, -0.2) is 46.0 Å². The molecule has 0 aliphatic heterocycles. The number of phenols is 9. The van der Waals surface area contributed by atoms with Gasteiger partial charge in [0.2, 0.25) is 0 Å². The Kier molecular flexibility index (Phi) is 38.7. The molecule has 0 heterocycles. The summed E-state index contributed by atoms with van der Waals surface area (Å²) < 4.78 is 0. The van der Waals surface area contributed by atoms with Gasteiger partial charge in [-0.25, -0.2) is 0 Å². The zero-order valence-corrected chi connectivity index (χ0v) is 93.8. The lowest BCUT2D eigenvalue weighted by molar-refractivity contribution is 0.443. The number of aromatic hydroxyl groups is 9. The van der Waals surface area contributed by atoms with Crippen LogP contribution in [0.4, 0.5) is 0 Å². The fraction of sp³-hybridized carbons (Fsp3) is 0.603. The summed E-state index contributed by atoms with van der Waals surface area (Å²) in [6.45, 7) is 50.7. The number of rotatable bonds is 33. The van der Waals surface area contributed by atoms with Gasteiger partial charge in [-0.3, -0.25) is 0 Å². The molecule has 0 saturated heterocycles. The van der Waals surface area contributed by atoms with Crippen LogP contribution >= 0.6 is 0 Å². The smallest absolute Gasteiger partial charge is 0.122 e. The van der Waals surface area contributed by atoms with E-state index in [9.17, 15) is 46.0 Å². The van der Waals surface area contributed by atoms with Gasteiger partial charge in [0.1, 0.15) is 51.7 Å². The third-order valence-electron chi connectivity index (χ3n) is 37.7. The predicted octanol–water partition coefficient (Wildman–Crippen LogP) is 38.6. The van der Waals surface area contributed by atoms with Crippen molar-refractivity contribution in [2.75, 3.05) is 0 Å². The molecule has 9 N–H and O–H groups in total. The maximum Gasteiger partial charge on any atom is 0.122 e. The van der Waals surface area contributed by atoms with Gasteiger partial charge in [0.05, 0.1) is 0 Å². The highest BCUT2D eigenvalue weighted by atomic mass is 16.3. The summed E-state index contributed by atoms with van der Waals surface area (Å²) in [5.74, 6) is 24.5. The molecule has 22 rings (SSSR count). The van der Waals surface area contributed by atoms with E-state index in [0.717, 1.165) is 145 Å². The second kappa shape index (κ2) is 50.2. The van der Waals surface area contributed by atoms with Crippen molar-refractivity contribution in [3.8, 4) is 51.7 Å². The van der Waals surface area contributed by atoms with E-state index in [1.165, 1.54) is 211 Å². The van der Waals surface area contributed by atoms with Crippen LogP contribution < -0.4 is 0 Å². The van der Waals surface area contributed by atoms with Gasteiger partial charge in [-0.15, -0.1) is 0 Å². The van der Waals surface area contributed by atoms with Gasteiger partial charge in [0, 0.05) is 0 Å². The average Bonchev–Trinajstić information content (AvgIpc) is 1.64. The van der Waals surface area contributed by atoms with Crippen LogP contribution in [0, 0.1) is 76.9 Å². The van der Waals surface area contributed by atoms with Crippen LogP contribution in [0.15, 0.2) is 164 Å². The highest BCUT2D eigenvalue weighted by molar-refractivity contribution is 5.53. The summed E-state index contributed by atoms with van der Waals surface area (Å²) in [6.07, 6.45) is 36.8. The van der Waals surface area contributed by atoms with Gasteiger partial charge in [-0.1, -0.05) is 323 Å². The molecule has 13 fully saturated rings. The quantitative estimate of drug-likeness (QED) is 0.0193. The Morgan fingerprint density at radius 1 is 0.145 bits per heavy atom. The normalized spacial score (nSPS) is 20.9. The molecule has 0 bridgehead atoms. The first-order valence-corrected chi connectivity index (χ1v) is 58.7. The van der Waals surface area contributed by atoms with Crippen molar-refractivity contribution in [1.29, 1.82) is 0 Å². The monoisotopic (exact) mass is 1970 g/mol. The molecule has 9 aromatic carbocycles. The Bertz CT molecular complexity index is 4910. The first kappa shape index (κ1) is 112. The predicted molar refractivity (Wildman–Crippen MR) is 607 cm³/mol. The molecular formula is C136H192O9. The van der Waals surface area contributed by atoms with Crippen molar-refractivity contribution in [3.05, 3.63) is 264 Å². The van der Waals surface area contributed by atoms with Crippen molar-refractivity contribution in [3.63, 3.8) is 0 Å². The molecule has 13 saturated carbocycles. The highest BCUT2D eigenvalue weighted by Gasteiger charge is 2.42. The van der Waals surface area contributed by atoms with Crippen molar-refractivity contribution in [2.24, 2.45) is 76.9 Å². The van der Waals surface area contributed by atoms with E-state index in [1.54, 1.807) is 0 Å². The largest absolute Gasteiger partial charge is 0.507 e. The number of hydrogen-bond donors (Lipinski definition) is 9. The first-order chi connectivity index (χ1) is 69.3. The second-order valence-corrected chi connectivity index (χ2v) is 49.8. The van der Waals surface area contributed by atoms with Gasteiger partial charge in [0.25, 0.3) is 0 Å². The Morgan fingerprint density at radius 2 is 0.228 bits per heavy atom. The Morgan fingerprint density at radius 3 is 0.317 bits per heavy atom. The summed E-state index contributed by atoms with van der Waals surface area (Å²) in [6, 6.07) is 56.4. The third-order valence-corrected chi connectivity index (χ3v) is 37.7. The molecular weight excluding hydrogens is 1780 g/mol. The lowest BCUT2D eigenvalue weighted by Crippen LogP contribution is -2.02. The molecule has 9 aromatic rings. The number of benzene rings is 9. The molecule has 13 aliphatic rings. The Balaban J connectivity index is 0.000000129. The van der Waals surface area contributed by atoms with Gasteiger partial charge in [-0.05, 0) is 463 Å². The Hall–Kier alpha value is -8.82. The summed E-state index contributed by atoms with van der Waals surface area (Å²) in [7, 11) is 0. The maximum absolute atomic E-state index is 10.5. The average molecular weight is 1970 g/mol. The minimum atomic E-state index is 0.399. The van der Waals surface area contributed by atoms with Crippen LogP contribution in [0.3, 0.4) is 0 Å². The Labute approximate surface area is 878 Å². The lowest BCUT2D eigenvalue weighted by atomic mass is 9.88. The van der Waals surface area contributed by atoms with Gasteiger partial charge in [-0.2, -0.15) is 0 Å². The molecule has 790 valence electrons. The number of para-hydroxylation sites is 9. The summed E-state index contributed by atoms with van der Waals surface area (Å²) in [5, 5.41) is 93.2. The SMILES string of the molecule is CC(C)c1cccc(C(C)C2CC2)c1O.CC(C)c1cccc([C@@H](C)C2CC2)c1O.CC(C)c1cccc([C@H](C)C2CC2)c1O.CC(c1cccc(C(C)C2CC2)c1O)C1CC1.CCC(C)c1cccc(C(C)C2CC2)c1O.CC[C@H](C)c1cccc([C@H](C)C2CC2)c1O.C[C@@H](c1cccc([C@H](C)C2CC2)c1O)C1CC1.C[C@H](c1cccc([C@@H](C)C2CC2)c1O)C1CC1.C[C@H](c1cccc([C@H](C)C2CC2)c1O)C1CC1. The summed E-state index contributed by atoms with van der Waals surface area (Å²) >= 11 is 0. The molecule has 9 nitrogen and oxygen atoms in total. The number of phenolic OH excluding ortho intramolecular Hbond substituents is 9. The fourth-order valence-electron chi connectivity index (χ4n) is 23.7. The molecule has 13 aliphatic carbocycles. The first-order valence-electron chi connectivity index (χ1n) is 58.7. The molecule has 15 atom stereocenters. The molecule has 9 heteroatoms. The summed E-state index contributed by atoms with van der Waals surface area (Å²) in [4.78, 5) is 0. The molecule has 0 amide bonds. The zero-order chi connectivity index (χ0) is 104. The van der Waals surface area contributed by atoms with Crippen LogP contribution in [0.2, 0.25) is 0 Å². The van der Waals surface area contributed by atoms with Crippen LogP contribution in [0.5, 0.6) is 51.7 Å². The van der Waals surface area contributed by atoms with Crippen LogP contribution in [0.1, 0.15) is 546 Å². The van der Waals surface area contributed by atoms with Crippen LogP contribution in [0.25, 0.3) is 0 Å². The van der Waals surface area contributed by atoms with Gasteiger partial charge in [0.15, 0.2) is 0 Å². The lowest BCUT2D eigenvalue weighted by Gasteiger charge is -2.18. The minimum Gasteiger partial charge on any atom is -0.507 e. The molecule has 145 heavy (non-hydrogen) atoms. The fourth-order valence-corrected chi connectivity index (χ4v) is 23.7. The minimum absolute atomic E-state index is 0.399. The van der Waals surface area contributed by atoms with E-state index in [-0.39, 0.29) is 0 Å². The molecule has 0 aromatic heterocycles. The topological polar surface area (TPSA) is 182 Å². The van der Waals surface area contributed by atoms with E-state index >= 15 is 0 Å². The molecule has 0 radical (unpaired) electrons. The van der Waals surface area contributed by atoms with E-state index in [2.05, 4.69) is 305 Å². The highest BCUT2D eigenvalue weighted by Crippen LogP contribution is 2.58. The van der Waals surface area contributed by atoms with Crippen LogP contribution in [-0.2, 0) is 0 Å². The zero-order valence-electron chi connectivity index (χ0n) is 93.8. The van der Waals surface area contributed by atoms with Crippen molar-refractivity contribution in [1.82, 2.24) is 0 Å². The standard InChI is InChI=1S/4C16H22O.2C15H22O.3C14H20O/c4*1-10(12-6-7-12)14-4-3-5-15(16(14)17)11(2)13-8-9-13;2*1-4-10(2)13-6-5-7-14(15(13)16)11(3)12-8-9-12;3*1-9(2)12-5-4-6-13(14(12)15)10(3)11-7-8-11/h4*3-5,10-13,17H,6-9H2,1-2H3;2*5-7,10-12,16H,4,8-9H2,1-3H3;3*4-6,9-11,15H,7-8H2,1-3H3/t10-,11+;2*10-,11-;;10-,11+;;2*10-;/m.10.0.10./s1. The van der Waals surface area contributed by atoms with E-state index in [0.29, 0.717) is 158 Å². The summed E-state index contributed by atoms with van der Waals surface area (Å²) in [5.41, 5.74) is 20.6. The molecule has 5 unspecified atom stereocenters. The number of hydrogen-bond acceptors (Lipinski definition) is 9. The van der Waals surface area contributed by atoms with E-state index in [1.807, 2.05) is 18.2 Å².